The SMILES string of the molecule is CSCCNc1cc(C)ncn1. The van der Waals surface area contributed by atoms with Gasteiger partial charge in [0, 0.05) is 24.1 Å². The van der Waals surface area contributed by atoms with Crippen molar-refractivity contribution in [2.45, 2.75) is 6.92 Å². The Kier molecular flexibility index (Phi) is 3.87. The number of aryl methyl sites for hydroxylation is 1. The summed E-state index contributed by atoms with van der Waals surface area (Å²) in [5, 5.41) is 3.21. The minimum atomic E-state index is 0.913. The molecule has 0 amide bonds. The van der Waals surface area contributed by atoms with E-state index in [1.165, 1.54) is 0 Å². The average molecular weight is 183 g/mol. The smallest absolute Gasteiger partial charge is 0.129 e. The molecule has 0 spiro atoms. The van der Waals surface area contributed by atoms with Gasteiger partial charge >= 0.3 is 0 Å². The second-order valence-corrected chi connectivity index (χ2v) is 3.45. The van der Waals surface area contributed by atoms with Crippen LogP contribution in [0.4, 0.5) is 5.82 Å². The van der Waals surface area contributed by atoms with Gasteiger partial charge in [0.15, 0.2) is 0 Å². The molecule has 0 saturated heterocycles. The van der Waals surface area contributed by atoms with Crippen LogP contribution in [0.15, 0.2) is 12.4 Å². The molecule has 0 aromatic carbocycles. The summed E-state index contributed by atoms with van der Waals surface area (Å²) >= 11 is 1.82. The lowest BCUT2D eigenvalue weighted by atomic mass is 10.4. The molecule has 1 aromatic rings. The van der Waals surface area contributed by atoms with E-state index in [9.17, 15) is 0 Å². The Morgan fingerprint density at radius 2 is 2.33 bits per heavy atom. The second-order valence-electron chi connectivity index (χ2n) is 2.46. The van der Waals surface area contributed by atoms with E-state index in [0.717, 1.165) is 23.8 Å². The van der Waals surface area contributed by atoms with Gasteiger partial charge in [0.1, 0.15) is 12.1 Å². The Hall–Kier alpha value is -0.770. The van der Waals surface area contributed by atoms with Crippen LogP contribution in [0.25, 0.3) is 0 Å². The minimum Gasteiger partial charge on any atom is -0.369 e. The van der Waals surface area contributed by atoms with E-state index in [4.69, 9.17) is 0 Å². The first-order valence-electron chi connectivity index (χ1n) is 3.84. The van der Waals surface area contributed by atoms with Crippen molar-refractivity contribution in [2.24, 2.45) is 0 Å². The normalized spacial score (nSPS) is 9.83. The predicted octanol–water partition coefficient (Wildman–Crippen LogP) is 1.56. The Balaban J connectivity index is 2.41. The van der Waals surface area contributed by atoms with Crippen molar-refractivity contribution in [2.75, 3.05) is 23.9 Å². The van der Waals surface area contributed by atoms with Crippen molar-refractivity contribution in [1.29, 1.82) is 0 Å². The first-order chi connectivity index (χ1) is 5.83. The molecule has 3 nitrogen and oxygen atoms in total. The Morgan fingerprint density at radius 3 is 3.00 bits per heavy atom. The fraction of sp³-hybridized carbons (Fsp3) is 0.500. The van der Waals surface area contributed by atoms with Crippen LogP contribution in [0, 0.1) is 6.92 Å². The van der Waals surface area contributed by atoms with Gasteiger partial charge in [-0.25, -0.2) is 9.97 Å². The molecule has 4 heteroatoms. The van der Waals surface area contributed by atoms with Gasteiger partial charge in [0.2, 0.25) is 0 Å². The fourth-order valence-corrected chi connectivity index (χ4v) is 1.14. The molecule has 0 atom stereocenters. The van der Waals surface area contributed by atoms with Crippen molar-refractivity contribution in [3.63, 3.8) is 0 Å². The van der Waals surface area contributed by atoms with Gasteiger partial charge in [-0.05, 0) is 13.2 Å². The predicted molar refractivity (Wildman–Crippen MR) is 53.6 cm³/mol. The third kappa shape index (κ3) is 3.09. The van der Waals surface area contributed by atoms with Crippen molar-refractivity contribution in [3.8, 4) is 0 Å². The van der Waals surface area contributed by atoms with E-state index < -0.39 is 0 Å². The zero-order valence-electron chi connectivity index (χ0n) is 7.37. The Labute approximate surface area is 77.0 Å². The third-order valence-electron chi connectivity index (χ3n) is 1.42. The number of anilines is 1. The highest BCUT2D eigenvalue weighted by molar-refractivity contribution is 7.98. The molecule has 66 valence electrons. The highest BCUT2D eigenvalue weighted by Gasteiger charge is 1.92. The first kappa shape index (κ1) is 9.32. The van der Waals surface area contributed by atoms with Crippen LogP contribution < -0.4 is 5.32 Å². The summed E-state index contributed by atoms with van der Waals surface area (Å²) in [7, 11) is 0. The third-order valence-corrected chi connectivity index (χ3v) is 2.03. The summed E-state index contributed by atoms with van der Waals surface area (Å²) in [4.78, 5) is 8.09. The van der Waals surface area contributed by atoms with Crippen molar-refractivity contribution < 1.29 is 0 Å². The van der Waals surface area contributed by atoms with Crippen LogP contribution in [0.1, 0.15) is 5.69 Å². The first-order valence-corrected chi connectivity index (χ1v) is 5.24. The van der Waals surface area contributed by atoms with Gasteiger partial charge in [-0.15, -0.1) is 0 Å². The molecule has 0 aliphatic rings. The molecule has 12 heavy (non-hydrogen) atoms. The van der Waals surface area contributed by atoms with E-state index in [0.29, 0.717) is 0 Å². The maximum atomic E-state index is 4.08. The van der Waals surface area contributed by atoms with Gasteiger partial charge < -0.3 is 5.32 Å². The number of hydrogen-bond donors (Lipinski definition) is 1. The largest absolute Gasteiger partial charge is 0.369 e. The van der Waals surface area contributed by atoms with Gasteiger partial charge in [-0.3, -0.25) is 0 Å². The van der Waals surface area contributed by atoms with E-state index in [1.807, 2.05) is 24.8 Å². The van der Waals surface area contributed by atoms with Gasteiger partial charge in [0.05, 0.1) is 0 Å². The Morgan fingerprint density at radius 1 is 1.50 bits per heavy atom. The molecule has 0 fully saturated rings. The highest BCUT2D eigenvalue weighted by Crippen LogP contribution is 2.02. The summed E-state index contributed by atoms with van der Waals surface area (Å²) in [6, 6.07) is 1.94. The molecular weight excluding hydrogens is 170 g/mol. The summed E-state index contributed by atoms with van der Waals surface area (Å²) in [6.45, 7) is 2.92. The van der Waals surface area contributed by atoms with Crippen LogP contribution in [0.5, 0.6) is 0 Å². The van der Waals surface area contributed by atoms with Crippen molar-refractivity contribution >= 4 is 17.6 Å². The monoisotopic (exact) mass is 183 g/mol. The summed E-state index contributed by atoms with van der Waals surface area (Å²) in [5.74, 6) is 2.01. The quantitative estimate of drug-likeness (QED) is 0.719. The molecule has 0 aliphatic carbocycles. The topological polar surface area (TPSA) is 37.8 Å². The maximum absolute atomic E-state index is 4.08. The lowest BCUT2D eigenvalue weighted by Crippen LogP contribution is -2.05. The van der Waals surface area contributed by atoms with E-state index >= 15 is 0 Å². The number of nitrogens with one attached hydrogen (secondary N) is 1. The number of hydrogen-bond acceptors (Lipinski definition) is 4. The van der Waals surface area contributed by atoms with Gasteiger partial charge in [-0.1, -0.05) is 0 Å². The van der Waals surface area contributed by atoms with Crippen LogP contribution in [0.3, 0.4) is 0 Å². The fourth-order valence-electron chi connectivity index (χ4n) is 0.832. The average Bonchev–Trinajstić information content (AvgIpc) is 2.05. The molecule has 0 bridgehead atoms. The second kappa shape index (κ2) is 4.98. The maximum Gasteiger partial charge on any atom is 0.129 e. The zero-order chi connectivity index (χ0) is 8.81. The molecule has 0 radical (unpaired) electrons. The Bertz CT molecular complexity index is 239. The van der Waals surface area contributed by atoms with E-state index in [2.05, 4.69) is 21.5 Å². The molecule has 1 rings (SSSR count). The lowest BCUT2D eigenvalue weighted by Gasteiger charge is -2.03. The van der Waals surface area contributed by atoms with E-state index in [-0.39, 0.29) is 0 Å². The van der Waals surface area contributed by atoms with Crippen LogP contribution >= 0.6 is 11.8 Å². The number of rotatable bonds is 4. The number of thioether (sulfide) groups is 1. The summed E-state index contributed by atoms with van der Waals surface area (Å²) in [6.07, 6.45) is 3.67. The highest BCUT2D eigenvalue weighted by atomic mass is 32.2. The molecular formula is C8H13N3S. The lowest BCUT2D eigenvalue weighted by molar-refractivity contribution is 1.08. The van der Waals surface area contributed by atoms with Crippen LogP contribution in [-0.4, -0.2) is 28.5 Å². The van der Waals surface area contributed by atoms with E-state index in [1.54, 1.807) is 6.33 Å². The molecule has 1 N–H and O–H groups in total. The zero-order valence-corrected chi connectivity index (χ0v) is 8.19. The van der Waals surface area contributed by atoms with Crippen molar-refractivity contribution in [1.82, 2.24) is 9.97 Å². The van der Waals surface area contributed by atoms with Crippen molar-refractivity contribution in [3.05, 3.63) is 18.1 Å². The van der Waals surface area contributed by atoms with Crippen LogP contribution in [0.2, 0.25) is 0 Å². The minimum absolute atomic E-state index is 0.913. The molecule has 1 aromatic heterocycles. The summed E-state index contributed by atoms with van der Waals surface area (Å²) in [5.41, 5.74) is 0.997. The van der Waals surface area contributed by atoms with Gasteiger partial charge in [-0.2, -0.15) is 11.8 Å². The molecule has 0 unspecified atom stereocenters. The molecule has 0 saturated carbocycles. The van der Waals surface area contributed by atoms with Crippen LogP contribution in [-0.2, 0) is 0 Å². The number of aromatic nitrogens is 2. The summed E-state index contributed by atoms with van der Waals surface area (Å²) < 4.78 is 0. The molecule has 1 heterocycles. The van der Waals surface area contributed by atoms with Gasteiger partial charge in [0.25, 0.3) is 0 Å². The molecule has 0 aliphatic heterocycles. The number of nitrogens with zero attached hydrogens (tertiary/aromatic N) is 2. The standard InChI is InChI=1S/C8H13N3S/c1-7-5-8(11-6-10-7)9-3-4-12-2/h5-6H,3-4H2,1-2H3,(H,9,10,11).